The summed E-state index contributed by atoms with van der Waals surface area (Å²) in [6.45, 7) is 0.953. The number of benzene rings is 2. The Morgan fingerprint density at radius 2 is 1.38 bits per heavy atom. The highest BCUT2D eigenvalue weighted by molar-refractivity contribution is 5.87. The molecule has 9 N–H and O–H groups in total. The van der Waals surface area contributed by atoms with Gasteiger partial charge in [0, 0.05) is 13.0 Å². The molecule has 2 aromatic rings. The number of carbonyl (C=O) groups excluding carboxylic acids is 2. The minimum atomic E-state index is -1.90. The molecule has 5 rings (SSSR count). The molecule has 3 fully saturated rings. The molecule has 2 aromatic carbocycles. The lowest BCUT2D eigenvalue weighted by Gasteiger charge is -2.47. The van der Waals surface area contributed by atoms with E-state index in [0.717, 1.165) is 13.0 Å². The number of methoxy groups -OCH3 is 2. The number of rotatable bonds is 16. The van der Waals surface area contributed by atoms with Crippen molar-refractivity contribution in [2.24, 2.45) is 0 Å². The molecule has 0 aliphatic carbocycles. The number of aliphatic hydroxyl groups excluding tert-OH is 7. The van der Waals surface area contributed by atoms with Gasteiger partial charge in [0.2, 0.25) is 0 Å². The lowest BCUT2D eigenvalue weighted by Crippen LogP contribution is -2.65. The fraction of sp³-hybridized carbons (Fsp3) is 0.590. The van der Waals surface area contributed by atoms with E-state index in [1.807, 2.05) is 0 Å². The van der Waals surface area contributed by atoms with Crippen LogP contribution in [0.25, 0.3) is 6.08 Å². The van der Waals surface area contributed by atoms with Crippen molar-refractivity contribution in [2.45, 2.75) is 112 Å². The lowest BCUT2D eigenvalue weighted by molar-refractivity contribution is -0.364. The first kappa shape index (κ1) is 46.9. The molecule has 0 spiro atoms. The summed E-state index contributed by atoms with van der Waals surface area (Å²) in [5.74, 6) is -1.75. The average Bonchev–Trinajstić information content (AvgIpc) is 3.22. The smallest absolute Gasteiger partial charge is 0.331 e. The van der Waals surface area contributed by atoms with Crippen LogP contribution in [0.5, 0.6) is 23.0 Å². The van der Waals surface area contributed by atoms with Crippen molar-refractivity contribution in [1.82, 2.24) is 0 Å². The highest BCUT2D eigenvalue weighted by Gasteiger charge is 2.54. The number of aromatic hydroxyl groups is 2. The van der Waals surface area contributed by atoms with Gasteiger partial charge in [0.25, 0.3) is 0 Å². The number of hydrogen-bond acceptors (Lipinski definition) is 21. The third-order valence-corrected chi connectivity index (χ3v) is 10.0. The van der Waals surface area contributed by atoms with E-state index in [-0.39, 0.29) is 36.0 Å². The molecule has 60 heavy (non-hydrogen) atoms. The summed E-state index contributed by atoms with van der Waals surface area (Å²) in [4.78, 5) is 25.2. The molecule has 21 nitrogen and oxygen atoms in total. The van der Waals surface area contributed by atoms with Crippen LogP contribution >= 0.6 is 0 Å². The first-order chi connectivity index (χ1) is 28.6. The SMILES string of the molecule is COc1ccc(CCO[C@@H]2O[C@H](CO[C@@H]3O[C@H](CO)[C@@H](O)[C@H](O)[C@H]3O)[C@@H](OC(=O)C=Cc3ccc(O)c(OC)c3)[C@H](O[C@@H]3O[C@@H](C)[C@H](OC(C)=O)[C@@H](O)[C@H]3O)[C@H]2O)cc1O. The van der Waals surface area contributed by atoms with Gasteiger partial charge in [-0.1, -0.05) is 12.1 Å². The normalized spacial score (nSPS) is 34.5. The van der Waals surface area contributed by atoms with Crippen molar-refractivity contribution in [3.63, 3.8) is 0 Å². The lowest BCUT2D eigenvalue weighted by atomic mass is 9.96. The molecule has 15 atom stereocenters. The molecule has 0 amide bonds. The van der Waals surface area contributed by atoms with Crippen LogP contribution in [0.2, 0.25) is 0 Å². The summed E-state index contributed by atoms with van der Waals surface area (Å²) in [7, 11) is 2.72. The van der Waals surface area contributed by atoms with Gasteiger partial charge in [-0.05, 0) is 54.8 Å². The van der Waals surface area contributed by atoms with Crippen molar-refractivity contribution < 1.29 is 103 Å². The third kappa shape index (κ3) is 11.2. The van der Waals surface area contributed by atoms with Gasteiger partial charge in [-0.15, -0.1) is 0 Å². The van der Waals surface area contributed by atoms with Gasteiger partial charge in [0.1, 0.15) is 54.9 Å². The highest BCUT2D eigenvalue weighted by Crippen LogP contribution is 2.34. The van der Waals surface area contributed by atoms with Crippen molar-refractivity contribution in [3.8, 4) is 23.0 Å². The molecule has 0 unspecified atom stereocenters. The van der Waals surface area contributed by atoms with E-state index in [4.69, 9.17) is 47.4 Å². The number of phenols is 2. The van der Waals surface area contributed by atoms with Crippen LogP contribution in [-0.4, -0.2) is 184 Å². The van der Waals surface area contributed by atoms with Gasteiger partial charge in [-0.25, -0.2) is 4.79 Å². The van der Waals surface area contributed by atoms with Crippen molar-refractivity contribution in [3.05, 3.63) is 53.6 Å². The van der Waals surface area contributed by atoms with E-state index in [9.17, 15) is 55.5 Å². The zero-order valence-corrected chi connectivity index (χ0v) is 33.0. The molecule has 334 valence electrons. The van der Waals surface area contributed by atoms with Gasteiger partial charge in [0.05, 0.1) is 40.1 Å². The number of phenolic OH excluding ortho intramolecular Hbond substituents is 2. The predicted octanol–water partition coefficient (Wildman–Crippen LogP) is -2.01. The molecule has 21 heteroatoms. The van der Waals surface area contributed by atoms with E-state index in [1.54, 1.807) is 6.07 Å². The summed E-state index contributed by atoms with van der Waals surface area (Å²) >= 11 is 0. The van der Waals surface area contributed by atoms with Crippen molar-refractivity contribution in [2.75, 3.05) is 34.0 Å². The molecule has 3 aliphatic rings. The number of carbonyl (C=O) groups is 2. The maximum atomic E-state index is 13.5. The second-order valence-electron chi connectivity index (χ2n) is 14.2. The quantitative estimate of drug-likeness (QED) is 0.0650. The zero-order chi connectivity index (χ0) is 43.8. The minimum absolute atomic E-state index is 0.112. The summed E-state index contributed by atoms with van der Waals surface area (Å²) in [5, 5.41) is 95.1. The van der Waals surface area contributed by atoms with E-state index in [0.29, 0.717) is 11.1 Å². The maximum Gasteiger partial charge on any atom is 0.331 e. The van der Waals surface area contributed by atoms with Crippen LogP contribution in [0, 0.1) is 0 Å². The van der Waals surface area contributed by atoms with Gasteiger partial charge in [-0.2, -0.15) is 0 Å². The second kappa shape index (κ2) is 21.1. The Morgan fingerprint density at radius 1 is 0.700 bits per heavy atom. The van der Waals surface area contributed by atoms with E-state index < -0.39 is 117 Å². The number of ether oxygens (including phenoxy) is 10. The number of hydrogen-bond donors (Lipinski definition) is 9. The molecule has 3 heterocycles. The average molecular weight is 857 g/mol. The van der Waals surface area contributed by atoms with E-state index in [1.165, 1.54) is 57.6 Å². The monoisotopic (exact) mass is 856 g/mol. The Kier molecular flexibility index (Phi) is 16.4. The predicted molar refractivity (Wildman–Crippen MR) is 199 cm³/mol. The molecule has 0 saturated carbocycles. The van der Waals surface area contributed by atoms with Crippen molar-refractivity contribution in [1.29, 1.82) is 0 Å². The first-order valence-corrected chi connectivity index (χ1v) is 18.9. The van der Waals surface area contributed by atoms with Gasteiger partial charge in [-0.3, -0.25) is 4.79 Å². The Bertz CT molecular complexity index is 1760. The Balaban J connectivity index is 1.45. The van der Waals surface area contributed by atoms with E-state index in [2.05, 4.69) is 0 Å². The van der Waals surface area contributed by atoms with Gasteiger partial charge in [0.15, 0.2) is 54.1 Å². The molecule has 0 aromatic heterocycles. The summed E-state index contributed by atoms with van der Waals surface area (Å²) in [6, 6.07) is 8.89. The first-order valence-electron chi connectivity index (χ1n) is 18.9. The van der Waals surface area contributed by atoms with Crippen LogP contribution in [0.15, 0.2) is 42.5 Å². The standard InChI is InChI=1S/C39H52O21/c1-17-34(56-18(2)41)30(47)32(49)39(55-17)60-36-33(50)38(53-12-11-20-6-9-23(51-3)22(43)13-20)58-26(16-54-37-31(48)29(46)28(45)25(15-40)57-37)35(36)59-27(44)10-7-19-5-8-21(42)24(14-19)52-4/h5-10,13-14,17,25-26,28-40,42-43,45-50H,11-12,15-16H2,1-4H3/t17-,25+,26+,28+,29-,30-,31+,32+,33+,34-,35+,36+,37+,38+,39-/m0/s1. The van der Waals surface area contributed by atoms with E-state index >= 15 is 0 Å². The molecule has 0 radical (unpaired) electrons. The molecular formula is C39H52O21. The summed E-state index contributed by atoms with van der Waals surface area (Å²) in [5.41, 5.74) is 1.00. The summed E-state index contributed by atoms with van der Waals surface area (Å²) < 4.78 is 56.3. The second-order valence-corrected chi connectivity index (χ2v) is 14.2. The van der Waals surface area contributed by atoms with Crippen LogP contribution in [0.4, 0.5) is 0 Å². The minimum Gasteiger partial charge on any atom is -0.504 e. The Labute approximate surface area is 343 Å². The zero-order valence-electron chi connectivity index (χ0n) is 33.0. The Hall–Kier alpha value is -4.20. The molecule has 3 aliphatic heterocycles. The largest absolute Gasteiger partial charge is 0.504 e. The van der Waals surface area contributed by atoms with Crippen LogP contribution < -0.4 is 9.47 Å². The summed E-state index contributed by atoms with van der Waals surface area (Å²) in [6.07, 6.45) is -22.1. The fourth-order valence-electron chi connectivity index (χ4n) is 6.81. The topological polar surface area (TPSA) is 309 Å². The number of aliphatic hydroxyl groups is 7. The molecule has 0 bridgehead atoms. The van der Waals surface area contributed by atoms with Crippen LogP contribution in [0.1, 0.15) is 25.0 Å². The number of esters is 2. The molecular weight excluding hydrogens is 804 g/mol. The van der Waals surface area contributed by atoms with Crippen LogP contribution in [0.3, 0.4) is 0 Å². The fourth-order valence-corrected chi connectivity index (χ4v) is 6.81. The van der Waals surface area contributed by atoms with Crippen molar-refractivity contribution >= 4 is 18.0 Å². The molecule has 3 saturated heterocycles. The van der Waals surface area contributed by atoms with Gasteiger partial charge < -0.3 is 93.3 Å². The Morgan fingerprint density at radius 3 is 2.05 bits per heavy atom. The van der Waals surface area contributed by atoms with Crippen LogP contribution in [-0.2, 0) is 53.9 Å². The highest BCUT2D eigenvalue weighted by atomic mass is 16.8. The maximum absolute atomic E-state index is 13.5. The third-order valence-electron chi connectivity index (χ3n) is 10.0. The van der Waals surface area contributed by atoms with Gasteiger partial charge >= 0.3 is 11.9 Å².